The van der Waals surface area contributed by atoms with Gasteiger partial charge in [-0.25, -0.2) is 0 Å². The van der Waals surface area contributed by atoms with Crippen LogP contribution in [0.1, 0.15) is 46.0 Å². The summed E-state index contributed by atoms with van der Waals surface area (Å²) >= 11 is 0. The van der Waals surface area contributed by atoms with Gasteiger partial charge in [-0.2, -0.15) is 0 Å². The fourth-order valence-corrected chi connectivity index (χ4v) is 2.17. The molecule has 0 saturated carbocycles. The van der Waals surface area contributed by atoms with E-state index in [0.717, 1.165) is 5.56 Å². The number of rotatable bonds is 7. The van der Waals surface area contributed by atoms with Crippen molar-refractivity contribution < 1.29 is 19.1 Å². The van der Waals surface area contributed by atoms with Gasteiger partial charge >= 0.3 is 0 Å². The predicted molar refractivity (Wildman–Crippen MR) is 98.0 cm³/mol. The maximum absolute atomic E-state index is 11.9. The number of ether oxygens (including phenoxy) is 1. The highest BCUT2D eigenvalue weighted by Crippen LogP contribution is 2.13. The lowest BCUT2D eigenvalue weighted by atomic mass is 10.1. The maximum atomic E-state index is 11.9. The molecule has 0 saturated heterocycles. The summed E-state index contributed by atoms with van der Waals surface area (Å²) in [4.78, 5) is 34.8. The number of benzene rings is 2. The molecule has 0 unspecified atom stereocenters. The van der Waals surface area contributed by atoms with Crippen LogP contribution in [0.15, 0.2) is 48.5 Å². The molecule has 2 N–H and O–H groups in total. The quantitative estimate of drug-likeness (QED) is 0.455. The van der Waals surface area contributed by atoms with Gasteiger partial charge in [0.2, 0.25) is 5.91 Å². The second-order valence-corrected chi connectivity index (χ2v) is 5.90. The molecule has 0 fully saturated rings. The Kier molecular flexibility index (Phi) is 6.91. The molecule has 6 heteroatoms. The summed E-state index contributed by atoms with van der Waals surface area (Å²) in [5.74, 6) is -0.00913. The fraction of sp³-hybridized carbons (Fsp3) is 0.250. The minimum Gasteiger partial charge on any atom is -0.494 e. The van der Waals surface area contributed by atoms with Crippen LogP contribution >= 0.6 is 0 Å². The molecular weight excluding hydrogens is 332 g/mol. The Morgan fingerprint density at radius 2 is 1.50 bits per heavy atom. The molecule has 0 spiro atoms. The lowest BCUT2D eigenvalue weighted by Crippen LogP contribution is -2.41. The van der Waals surface area contributed by atoms with E-state index in [1.54, 1.807) is 36.4 Å². The number of Topliss-reactive ketones (excluding diaryl/α,β-unsaturated/α-hetero) is 1. The number of ketones is 1. The first-order chi connectivity index (χ1) is 12.5. The van der Waals surface area contributed by atoms with E-state index in [0.29, 0.717) is 29.9 Å². The van der Waals surface area contributed by atoms with E-state index < -0.39 is 0 Å². The van der Waals surface area contributed by atoms with Crippen molar-refractivity contribution in [2.75, 3.05) is 6.61 Å². The Labute approximate surface area is 152 Å². The molecule has 0 heterocycles. The average molecular weight is 354 g/mol. The molecule has 2 aromatic rings. The molecule has 0 bridgehead atoms. The second kappa shape index (κ2) is 9.36. The first-order valence-corrected chi connectivity index (χ1v) is 8.35. The van der Waals surface area contributed by atoms with Gasteiger partial charge in [0.25, 0.3) is 5.91 Å². The number of carbonyl (C=O) groups excluding carboxylic acids is 3. The molecule has 0 aliphatic rings. The second-order valence-electron chi connectivity index (χ2n) is 5.90. The van der Waals surface area contributed by atoms with Crippen LogP contribution in [0.3, 0.4) is 0 Å². The van der Waals surface area contributed by atoms with Crippen LogP contribution in [0, 0.1) is 6.92 Å². The van der Waals surface area contributed by atoms with Crippen molar-refractivity contribution in [2.45, 2.75) is 26.7 Å². The van der Waals surface area contributed by atoms with E-state index in [2.05, 4.69) is 10.9 Å². The Hall–Kier alpha value is -3.15. The summed E-state index contributed by atoms with van der Waals surface area (Å²) in [5, 5.41) is 0. The summed E-state index contributed by atoms with van der Waals surface area (Å²) in [6.07, 6.45) is 0.723. The van der Waals surface area contributed by atoms with Gasteiger partial charge < -0.3 is 4.74 Å². The maximum Gasteiger partial charge on any atom is 0.269 e. The van der Waals surface area contributed by atoms with Gasteiger partial charge in [0.15, 0.2) is 5.78 Å². The largest absolute Gasteiger partial charge is 0.494 e. The van der Waals surface area contributed by atoms with Crippen LogP contribution in [0.25, 0.3) is 0 Å². The first kappa shape index (κ1) is 19.2. The van der Waals surface area contributed by atoms with Crippen molar-refractivity contribution >= 4 is 17.6 Å². The number of amides is 2. The molecule has 6 nitrogen and oxygen atoms in total. The minimum absolute atomic E-state index is 0.000838. The van der Waals surface area contributed by atoms with Gasteiger partial charge in [0, 0.05) is 17.5 Å². The molecule has 2 amide bonds. The van der Waals surface area contributed by atoms with Crippen molar-refractivity contribution in [3.05, 3.63) is 65.2 Å². The lowest BCUT2D eigenvalue weighted by molar-refractivity contribution is -0.122. The molecule has 0 aromatic heterocycles. The average Bonchev–Trinajstić information content (AvgIpc) is 2.64. The molecule has 2 rings (SSSR count). The number of hydrazine groups is 1. The molecule has 2 aromatic carbocycles. The zero-order valence-corrected chi connectivity index (χ0v) is 14.9. The van der Waals surface area contributed by atoms with Gasteiger partial charge in [0.05, 0.1) is 6.61 Å². The fourth-order valence-electron chi connectivity index (χ4n) is 2.17. The number of carbonyl (C=O) groups is 3. The van der Waals surface area contributed by atoms with E-state index in [9.17, 15) is 14.4 Å². The number of nitrogens with one attached hydrogen (secondary N) is 2. The molecule has 0 aliphatic heterocycles. The van der Waals surface area contributed by atoms with Crippen molar-refractivity contribution in [3.8, 4) is 5.75 Å². The van der Waals surface area contributed by atoms with Crippen LogP contribution in [-0.2, 0) is 4.79 Å². The number of aryl methyl sites for hydroxylation is 1. The van der Waals surface area contributed by atoms with Gasteiger partial charge in [-0.3, -0.25) is 25.2 Å². The van der Waals surface area contributed by atoms with E-state index in [-0.39, 0.29) is 24.0 Å². The van der Waals surface area contributed by atoms with Crippen LogP contribution in [0.5, 0.6) is 5.75 Å². The predicted octanol–water partition coefficient (Wildman–Crippen LogP) is 2.82. The smallest absolute Gasteiger partial charge is 0.269 e. The molecular formula is C20H22N2O4. The number of hydrogen-bond donors (Lipinski definition) is 2. The highest BCUT2D eigenvalue weighted by molar-refractivity contribution is 5.95. The molecule has 0 radical (unpaired) electrons. The molecule has 26 heavy (non-hydrogen) atoms. The SMILES string of the molecule is CC(=O)c1ccc(OCCCC(=O)NNC(=O)c2ccc(C)cc2)cc1. The van der Waals surface area contributed by atoms with Crippen LogP contribution in [0.2, 0.25) is 0 Å². The topological polar surface area (TPSA) is 84.5 Å². The highest BCUT2D eigenvalue weighted by atomic mass is 16.5. The molecule has 136 valence electrons. The summed E-state index contributed by atoms with van der Waals surface area (Å²) in [6.45, 7) is 3.80. The third-order valence-electron chi connectivity index (χ3n) is 3.71. The van der Waals surface area contributed by atoms with E-state index in [4.69, 9.17) is 4.74 Å². The van der Waals surface area contributed by atoms with Crippen LogP contribution < -0.4 is 15.6 Å². The van der Waals surface area contributed by atoms with Crippen LogP contribution in [-0.4, -0.2) is 24.2 Å². The van der Waals surface area contributed by atoms with Gasteiger partial charge in [-0.05, 0) is 56.7 Å². The summed E-state index contributed by atoms with van der Waals surface area (Å²) < 4.78 is 5.52. The summed E-state index contributed by atoms with van der Waals surface area (Å²) in [6, 6.07) is 13.9. The normalized spacial score (nSPS) is 10.1. The Morgan fingerprint density at radius 1 is 0.885 bits per heavy atom. The van der Waals surface area contributed by atoms with Crippen LogP contribution in [0.4, 0.5) is 0 Å². The van der Waals surface area contributed by atoms with Gasteiger partial charge in [0.1, 0.15) is 5.75 Å². The number of hydrogen-bond acceptors (Lipinski definition) is 4. The van der Waals surface area contributed by atoms with Gasteiger partial charge in [-0.15, -0.1) is 0 Å². The van der Waals surface area contributed by atoms with E-state index >= 15 is 0 Å². The van der Waals surface area contributed by atoms with E-state index in [1.165, 1.54) is 6.92 Å². The summed E-state index contributed by atoms with van der Waals surface area (Å²) in [7, 11) is 0. The van der Waals surface area contributed by atoms with Crippen molar-refractivity contribution in [3.63, 3.8) is 0 Å². The third-order valence-corrected chi connectivity index (χ3v) is 3.71. The molecule has 0 aliphatic carbocycles. The third kappa shape index (κ3) is 6.05. The Balaban J connectivity index is 1.65. The zero-order chi connectivity index (χ0) is 18.9. The zero-order valence-electron chi connectivity index (χ0n) is 14.9. The lowest BCUT2D eigenvalue weighted by Gasteiger charge is -2.09. The van der Waals surface area contributed by atoms with E-state index in [1.807, 2.05) is 19.1 Å². The minimum atomic E-state index is -0.361. The van der Waals surface area contributed by atoms with Crippen molar-refractivity contribution in [1.29, 1.82) is 0 Å². The molecule has 0 atom stereocenters. The first-order valence-electron chi connectivity index (χ1n) is 8.35. The summed E-state index contributed by atoms with van der Waals surface area (Å²) in [5.41, 5.74) is 6.93. The Morgan fingerprint density at radius 3 is 2.12 bits per heavy atom. The standard InChI is InChI=1S/C20H22N2O4/c1-14-5-7-17(8-6-14)20(25)22-21-19(24)4-3-13-26-18-11-9-16(10-12-18)15(2)23/h5-12H,3-4,13H2,1-2H3,(H,21,24)(H,22,25). The highest BCUT2D eigenvalue weighted by Gasteiger charge is 2.07. The Bertz CT molecular complexity index is 767. The van der Waals surface area contributed by atoms with Crippen molar-refractivity contribution in [1.82, 2.24) is 10.9 Å². The van der Waals surface area contributed by atoms with Gasteiger partial charge in [-0.1, -0.05) is 17.7 Å². The monoisotopic (exact) mass is 354 g/mol. The van der Waals surface area contributed by atoms with Crippen molar-refractivity contribution in [2.24, 2.45) is 0 Å².